The van der Waals surface area contributed by atoms with Gasteiger partial charge in [-0.15, -0.1) is 0 Å². The summed E-state index contributed by atoms with van der Waals surface area (Å²) in [6, 6.07) is 0.718. The third-order valence-corrected chi connectivity index (χ3v) is 3.14. The number of nitrogens with two attached hydrogens (primary N) is 1. The molecule has 1 aliphatic rings. The van der Waals surface area contributed by atoms with Crippen molar-refractivity contribution in [2.45, 2.75) is 45.6 Å². The van der Waals surface area contributed by atoms with Crippen molar-refractivity contribution >= 4 is 0 Å². The molecule has 1 heterocycles. The molecule has 0 radical (unpaired) electrons. The quantitative estimate of drug-likeness (QED) is 0.612. The van der Waals surface area contributed by atoms with E-state index in [1.165, 1.54) is 38.8 Å². The standard InChI is InChI=1S/C11H24N2/c1-3-5-6-10(4-2)8-13-9-11(13)7-12/h10-11H,3-9,12H2,1-2H3. The smallest absolute Gasteiger partial charge is 0.0346 e. The lowest BCUT2D eigenvalue weighted by molar-refractivity contribution is 0.351. The Balaban J connectivity index is 2.10. The zero-order valence-electron chi connectivity index (χ0n) is 9.13. The molecule has 0 aromatic carbocycles. The summed E-state index contributed by atoms with van der Waals surface area (Å²) in [5, 5.41) is 0. The van der Waals surface area contributed by atoms with Crippen molar-refractivity contribution in [3.63, 3.8) is 0 Å². The van der Waals surface area contributed by atoms with Gasteiger partial charge in [-0.05, 0) is 12.3 Å². The monoisotopic (exact) mass is 184 g/mol. The van der Waals surface area contributed by atoms with Crippen LogP contribution in [0.2, 0.25) is 0 Å². The molecule has 13 heavy (non-hydrogen) atoms. The van der Waals surface area contributed by atoms with E-state index < -0.39 is 0 Å². The zero-order valence-corrected chi connectivity index (χ0v) is 9.13. The summed E-state index contributed by atoms with van der Waals surface area (Å²) < 4.78 is 0. The van der Waals surface area contributed by atoms with Crippen molar-refractivity contribution in [2.24, 2.45) is 11.7 Å². The summed E-state index contributed by atoms with van der Waals surface area (Å²) >= 11 is 0. The minimum absolute atomic E-state index is 0.718. The van der Waals surface area contributed by atoms with E-state index in [2.05, 4.69) is 18.7 Å². The Morgan fingerprint density at radius 1 is 1.46 bits per heavy atom. The molecule has 2 nitrogen and oxygen atoms in total. The zero-order chi connectivity index (χ0) is 9.68. The van der Waals surface area contributed by atoms with Gasteiger partial charge in [-0.1, -0.05) is 33.1 Å². The van der Waals surface area contributed by atoms with Crippen LogP contribution in [0, 0.1) is 5.92 Å². The number of hydrogen-bond acceptors (Lipinski definition) is 2. The van der Waals surface area contributed by atoms with Gasteiger partial charge in [-0.2, -0.15) is 0 Å². The predicted octanol–water partition coefficient (Wildman–Crippen LogP) is 1.85. The second-order valence-corrected chi connectivity index (χ2v) is 4.26. The molecule has 0 amide bonds. The highest BCUT2D eigenvalue weighted by atomic mass is 15.3. The van der Waals surface area contributed by atoms with Crippen LogP contribution in [-0.4, -0.2) is 30.6 Å². The van der Waals surface area contributed by atoms with Gasteiger partial charge < -0.3 is 5.73 Å². The number of nitrogens with zero attached hydrogens (tertiary/aromatic N) is 1. The Labute approximate surface area is 82.5 Å². The molecule has 2 heteroatoms. The van der Waals surface area contributed by atoms with Crippen LogP contribution in [0.15, 0.2) is 0 Å². The van der Waals surface area contributed by atoms with E-state index in [4.69, 9.17) is 5.73 Å². The van der Waals surface area contributed by atoms with Gasteiger partial charge in [-0.3, -0.25) is 4.90 Å². The summed E-state index contributed by atoms with van der Waals surface area (Å²) in [5.41, 5.74) is 5.60. The molecule has 3 atom stereocenters. The molecule has 1 fully saturated rings. The number of unbranched alkanes of at least 4 members (excludes halogenated alkanes) is 1. The fourth-order valence-corrected chi connectivity index (χ4v) is 1.92. The summed E-state index contributed by atoms with van der Waals surface area (Å²) in [5.74, 6) is 0.913. The molecule has 0 spiro atoms. The summed E-state index contributed by atoms with van der Waals surface area (Å²) in [6.07, 6.45) is 5.45. The Morgan fingerprint density at radius 3 is 2.69 bits per heavy atom. The predicted molar refractivity (Wildman–Crippen MR) is 57.7 cm³/mol. The fourth-order valence-electron chi connectivity index (χ4n) is 1.92. The third-order valence-electron chi connectivity index (χ3n) is 3.14. The Hall–Kier alpha value is -0.0800. The maximum atomic E-state index is 5.60. The topological polar surface area (TPSA) is 29.0 Å². The van der Waals surface area contributed by atoms with E-state index in [1.807, 2.05) is 0 Å². The fraction of sp³-hybridized carbons (Fsp3) is 1.00. The van der Waals surface area contributed by atoms with Crippen LogP contribution >= 0.6 is 0 Å². The van der Waals surface area contributed by atoms with Crippen LogP contribution in [0.5, 0.6) is 0 Å². The summed E-state index contributed by atoms with van der Waals surface area (Å²) in [7, 11) is 0. The van der Waals surface area contributed by atoms with Gasteiger partial charge in [0.25, 0.3) is 0 Å². The third kappa shape index (κ3) is 3.65. The average molecular weight is 184 g/mol. The molecular weight excluding hydrogens is 160 g/mol. The first-order chi connectivity index (χ1) is 6.31. The van der Waals surface area contributed by atoms with Crippen LogP contribution in [0.3, 0.4) is 0 Å². The molecule has 1 saturated heterocycles. The summed E-state index contributed by atoms with van der Waals surface area (Å²) in [6.45, 7) is 7.97. The molecule has 1 aliphatic heterocycles. The first kappa shape index (κ1) is 11.0. The SMILES string of the molecule is CCCCC(CC)CN1CC1CN. The Kier molecular flexibility index (Phi) is 4.74. The first-order valence-corrected chi connectivity index (χ1v) is 5.75. The van der Waals surface area contributed by atoms with Crippen molar-refractivity contribution in [3.05, 3.63) is 0 Å². The second-order valence-electron chi connectivity index (χ2n) is 4.26. The molecule has 2 N–H and O–H groups in total. The van der Waals surface area contributed by atoms with Gasteiger partial charge in [-0.25, -0.2) is 0 Å². The van der Waals surface area contributed by atoms with E-state index in [0.717, 1.165) is 18.5 Å². The lowest BCUT2D eigenvalue weighted by Gasteiger charge is -2.15. The highest BCUT2D eigenvalue weighted by Gasteiger charge is 2.33. The minimum Gasteiger partial charge on any atom is -0.329 e. The molecular formula is C11H24N2. The summed E-state index contributed by atoms with van der Waals surface area (Å²) in [4.78, 5) is 2.52. The lowest BCUT2D eigenvalue weighted by atomic mass is 9.99. The van der Waals surface area contributed by atoms with Crippen molar-refractivity contribution in [1.82, 2.24) is 4.90 Å². The molecule has 0 aromatic rings. The normalized spacial score (nSPS) is 28.8. The van der Waals surface area contributed by atoms with Crippen LogP contribution < -0.4 is 5.73 Å². The highest BCUT2D eigenvalue weighted by molar-refractivity contribution is 4.90. The van der Waals surface area contributed by atoms with Gasteiger partial charge in [0.1, 0.15) is 0 Å². The van der Waals surface area contributed by atoms with Crippen LogP contribution in [-0.2, 0) is 0 Å². The van der Waals surface area contributed by atoms with E-state index in [1.54, 1.807) is 0 Å². The lowest BCUT2D eigenvalue weighted by Crippen LogP contribution is -2.18. The van der Waals surface area contributed by atoms with Crippen LogP contribution in [0.1, 0.15) is 39.5 Å². The highest BCUT2D eigenvalue weighted by Crippen LogP contribution is 2.22. The molecule has 0 saturated carbocycles. The number of hydrogen-bond donors (Lipinski definition) is 1. The van der Waals surface area contributed by atoms with Crippen LogP contribution in [0.25, 0.3) is 0 Å². The maximum Gasteiger partial charge on any atom is 0.0346 e. The van der Waals surface area contributed by atoms with Crippen LogP contribution in [0.4, 0.5) is 0 Å². The van der Waals surface area contributed by atoms with Gasteiger partial charge in [0.05, 0.1) is 0 Å². The Bertz CT molecular complexity index is 136. The second kappa shape index (κ2) is 5.61. The van der Waals surface area contributed by atoms with Crippen molar-refractivity contribution < 1.29 is 0 Å². The molecule has 0 aliphatic carbocycles. The van der Waals surface area contributed by atoms with Gasteiger partial charge in [0.15, 0.2) is 0 Å². The van der Waals surface area contributed by atoms with E-state index in [0.29, 0.717) is 0 Å². The minimum atomic E-state index is 0.718. The van der Waals surface area contributed by atoms with Gasteiger partial charge in [0, 0.05) is 25.7 Å². The van der Waals surface area contributed by atoms with Crippen molar-refractivity contribution in [2.75, 3.05) is 19.6 Å². The van der Waals surface area contributed by atoms with E-state index >= 15 is 0 Å². The molecule has 0 aromatic heterocycles. The molecule has 78 valence electrons. The van der Waals surface area contributed by atoms with Gasteiger partial charge in [0.2, 0.25) is 0 Å². The van der Waals surface area contributed by atoms with Gasteiger partial charge >= 0.3 is 0 Å². The molecule has 1 rings (SSSR count). The molecule has 0 bridgehead atoms. The van der Waals surface area contributed by atoms with E-state index in [-0.39, 0.29) is 0 Å². The molecule has 3 unspecified atom stereocenters. The Morgan fingerprint density at radius 2 is 2.23 bits per heavy atom. The first-order valence-electron chi connectivity index (χ1n) is 5.75. The average Bonchev–Trinajstić information content (AvgIpc) is 2.90. The maximum absolute atomic E-state index is 5.60. The largest absolute Gasteiger partial charge is 0.329 e. The van der Waals surface area contributed by atoms with Crippen molar-refractivity contribution in [1.29, 1.82) is 0 Å². The van der Waals surface area contributed by atoms with Crippen molar-refractivity contribution in [3.8, 4) is 0 Å². The van der Waals surface area contributed by atoms with E-state index in [9.17, 15) is 0 Å². The number of rotatable bonds is 7.